The van der Waals surface area contributed by atoms with Crippen molar-refractivity contribution >= 4 is 11.8 Å². The first-order valence-electron chi connectivity index (χ1n) is 8.45. The summed E-state index contributed by atoms with van der Waals surface area (Å²) in [7, 11) is 1.58. The lowest BCUT2D eigenvalue weighted by atomic mass is 10.1. The molecule has 1 heterocycles. The Labute approximate surface area is 157 Å². The number of carbonyl (C=O) groups excluding carboxylic acids is 2. The molecule has 3 aromatic rings. The zero-order valence-corrected chi connectivity index (χ0v) is 15.4. The second-order valence-corrected chi connectivity index (χ2v) is 6.18. The third-order valence-corrected chi connectivity index (χ3v) is 3.98. The summed E-state index contributed by atoms with van der Waals surface area (Å²) in [4.78, 5) is 23.7. The highest BCUT2D eigenvalue weighted by Gasteiger charge is 2.20. The van der Waals surface area contributed by atoms with Gasteiger partial charge in [0.1, 0.15) is 23.6 Å². The van der Waals surface area contributed by atoms with Gasteiger partial charge < -0.3 is 9.47 Å². The zero-order valence-electron chi connectivity index (χ0n) is 15.4. The van der Waals surface area contributed by atoms with E-state index in [1.54, 1.807) is 24.1 Å². The molecule has 0 N–H and O–H groups in total. The van der Waals surface area contributed by atoms with Crippen LogP contribution in [0.2, 0.25) is 0 Å². The highest BCUT2D eigenvalue weighted by Crippen LogP contribution is 2.27. The lowest BCUT2D eigenvalue weighted by Gasteiger charge is -2.05. The molecule has 138 valence electrons. The van der Waals surface area contributed by atoms with Gasteiger partial charge in [0.15, 0.2) is 5.78 Å². The van der Waals surface area contributed by atoms with Crippen molar-refractivity contribution in [1.29, 1.82) is 0 Å². The van der Waals surface area contributed by atoms with Crippen LogP contribution in [0, 0.1) is 6.92 Å². The molecule has 27 heavy (non-hydrogen) atoms. The molecule has 0 aliphatic rings. The van der Waals surface area contributed by atoms with Crippen molar-refractivity contribution in [2.75, 3.05) is 13.7 Å². The second-order valence-electron chi connectivity index (χ2n) is 6.18. The topological polar surface area (TPSA) is 70.4 Å². The average molecular weight is 364 g/mol. The first-order valence-corrected chi connectivity index (χ1v) is 8.45. The van der Waals surface area contributed by atoms with E-state index in [1.807, 2.05) is 49.4 Å². The number of hydrogen-bond donors (Lipinski definition) is 0. The maximum atomic E-state index is 12.5. The fraction of sp³-hybridized carbons (Fsp3) is 0.190. The van der Waals surface area contributed by atoms with Crippen LogP contribution in [-0.2, 0) is 9.53 Å². The first kappa shape index (κ1) is 18.4. The van der Waals surface area contributed by atoms with Crippen LogP contribution >= 0.6 is 0 Å². The van der Waals surface area contributed by atoms with E-state index in [1.165, 1.54) is 6.92 Å². The Bertz CT molecular complexity index is 974. The molecule has 0 amide bonds. The fourth-order valence-electron chi connectivity index (χ4n) is 2.58. The Morgan fingerprint density at radius 1 is 1.11 bits per heavy atom. The van der Waals surface area contributed by atoms with Gasteiger partial charge in [0.05, 0.1) is 12.8 Å². The van der Waals surface area contributed by atoms with Crippen LogP contribution in [0.1, 0.15) is 22.8 Å². The minimum atomic E-state index is -0.596. The summed E-state index contributed by atoms with van der Waals surface area (Å²) < 4.78 is 12.0. The van der Waals surface area contributed by atoms with Gasteiger partial charge in [-0.2, -0.15) is 5.10 Å². The number of ketones is 1. The lowest BCUT2D eigenvalue weighted by molar-refractivity contribution is -0.120. The van der Waals surface area contributed by atoms with Crippen LogP contribution in [-0.4, -0.2) is 35.2 Å². The van der Waals surface area contributed by atoms with Gasteiger partial charge in [-0.05, 0) is 38.1 Å². The van der Waals surface area contributed by atoms with Crippen molar-refractivity contribution in [3.63, 3.8) is 0 Å². The predicted molar refractivity (Wildman–Crippen MR) is 101 cm³/mol. The normalized spacial score (nSPS) is 10.5. The minimum absolute atomic E-state index is 0.225. The number of methoxy groups -OCH3 is 1. The van der Waals surface area contributed by atoms with E-state index in [0.717, 1.165) is 16.8 Å². The lowest BCUT2D eigenvalue weighted by Crippen LogP contribution is -2.11. The number of rotatable bonds is 6. The summed E-state index contributed by atoms with van der Waals surface area (Å²) in [6.45, 7) is 3.09. The van der Waals surface area contributed by atoms with Gasteiger partial charge in [-0.1, -0.05) is 29.8 Å². The number of ether oxygens (including phenoxy) is 2. The quantitative estimate of drug-likeness (QED) is 0.625. The third-order valence-electron chi connectivity index (χ3n) is 3.98. The molecule has 1 aromatic heterocycles. The van der Waals surface area contributed by atoms with Crippen molar-refractivity contribution in [1.82, 2.24) is 9.78 Å². The largest absolute Gasteiger partial charge is 0.497 e. The Kier molecular flexibility index (Phi) is 5.35. The average Bonchev–Trinajstić information content (AvgIpc) is 3.12. The SMILES string of the molecule is COc1cccc(-c2nn(-c3ccc(C)cc3)cc2C(=O)OCC(C)=O)c1. The smallest absolute Gasteiger partial charge is 0.342 e. The monoisotopic (exact) mass is 364 g/mol. The number of benzene rings is 2. The highest BCUT2D eigenvalue weighted by atomic mass is 16.5. The van der Waals surface area contributed by atoms with E-state index >= 15 is 0 Å². The van der Waals surface area contributed by atoms with E-state index in [4.69, 9.17) is 9.47 Å². The van der Waals surface area contributed by atoms with Gasteiger partial charge in [0.2, 0.25) is 0 Å². The van der Waals surface area contributed by atoms with Gasteiger partial charge in [-0.3, -0.25) is 4.79 Å². The van der Waals surface area contributed by atoms with Gasteiger partial charge in [-0.15, -0.1) is 0 Å². The van der Waals surface area contributed by atoms with Crippen LogP contribution < -0.4 is 4.74 Å². The minimum Gasteiger partial charge on any atom is -0.497 e. The number of aryl methyl sites for hydroxylation is 1. The van der Waals surface area contributed by atoms with E-state index in [9.17, 15) is 9.59 Å². The Morgan fingerprint density at radius 3 is 2.52 bits per heavy atom. The van der Waals surface area contributed by atoms with Gasteiger partial charge in [-0.25, -0.2) is 9.48 Å². The molecule has 0 radical (unpaired) electrons. The van der Waals surface area contributed by atoms with Crippen molar-refractivity contribution in [3.05, 3.63) is 65.9 Å². The van der Waals surface area contributed by atoms with Crippen LogP contribution in [0.3, 0.4) is 0 Å². The standard InChI is InChI=1S/C21H20N2O4/c1-14-7-9-17(10-8-14)23-12-19(21(25)27-13-15(2)24)20(22-23)16-5-4-6-18(11-16)26-3/h4-12H,13H2,1-3H3. The number of esters is 1. The van der Waals surface area contributed by atoms with Crippen molar-refractivity contribution in [3.8, 4) is 22.7 Å². The van der Waals surface area contributed by atoms with Crippen LogP contribution in [0.25, 0.3) is 16.9 Å². The Balaban J connectivity index is 2.06. The van der Waals surface area contributed by atoms with Crippen molar-refractivity contribution in [2.24, 2.45) is 0 Å². The van der Waals surface area contributed by atoms with E-state index in [0.29, 0.717) is 11.4 Å². The number of carbonyl (C=O) groups is 2. The fourth-order valence-corrected chi connectivity index (χ4v) is 2.58. The molecule has 0 atom stereocenters. The van der Waals surface area contributed by atoms with Crippen LogP contribution in [0.5, 0.6) is 5.75 Å². The third kappa shape index (κ3) is 4.23. The molecule has 0 spiro atoms. The molecule has 0 aliphatic carbocycles. The molecule has 0 aliphatic heterocycles. The first-order chi connectivity index (χ1) is 13.0. The summed E-state index contributed by atoms with van der Waals surface area (Å²) in [6, 6.07) is 15.0. The van der Waals surface area contributed by atoms with Gasteiger partial charge in [0.25, 0.3) is 0 Å². The molecule has 0 saturated carbocycles. The highest BCUT2D eigenvalue weighted by molar-refractivity contribution is 5.97. The summed E-state index contributed by atoms with van der Waals surface area (Å²) in [5.41, 5.74) is 3.40. The van der Waals surface area contributed by atoms with E-state index < -0.39 is 5.97 Å². The molecular formula is C21H20N2O4. The summed E-state index contributed by atoms with van der Waals surface area (Å²) in [6.07, 6.45) is 1.61. The molecular weight excluding hydrogens is 344 g/mol. The van der Waals surface area contributed by atoms with Crippen molar-refractivity contribution in [2.45, 2.75) is 13.8 Å². The molecule has 6 heteroatoms. The molecule has 0 unspecified atom stereocenters. The maximum absolute atomic E-state index is 12.5. The maximum Gasteiger partial charge on any atom is 0.342 e. The number of aromatic nitrogens is 2. The number of nitrogens with zero attached hydrogens (tertiary/aromatic N) is 2. The van der Waals surface area contributed by atoms with E-state index in [2.05, 4.69) is 5.10 Å². The summed E-state index contributed by atoms with van der Waals surface area (Å²) in [5.74, 6) is -0.168. The molecule has 2 aromatic carbocycles. The van der Waals surface area contributed by atoms with Gasteiger partial charge >= 0.3 is 5.97 Å². The molecule has 0 fully saturated rings. The summed E-state index contributed by atoms with van der Waals surface area (Å²) in [5, 5.41) is 4.58. The van der Waals surface area contributed by atoms with Crippen molar-refractivity contribution < 1.29 is 19.1 Å². The molecule has 3 rings (SSSR count). The zero-order chi connectivity index (χ0) is 19.4. The van der Waals surface area contributed by atoms with Gasteiger partial charge in [0, 0.05) is 11.8 Å². The molecule has 0 bridgehead atoms. The Hall–Kier alpha value is -3.41. The number of hydrogen-bond acceptors (Lipinski definition) is 5. The van der Waals surface area contributed by atoms with E-state index in [-0.39, 0.29) is 18.0 Å². The van der Waals surface area contributed by atoms with Crippen LogP contribution in [0.15, 0.2) is 54.7 Å². The molecule has 6 nitrogen and oxygen atoms in total. The second kappa shape index (κ2) is 7.86. The Morgan fingerprint density at radius 2 is 1.85 bits per heavy atom. The van der Waals surface area contributed by atoms with Crippen LogP contribution in [0.4, 0.5) is 0 Å². The summed E-state index contributed by atoms with van der Waals surface area (Å²) >= 11 is 0. The number of Topliss-reactive ketones (excluding diaryl/α,β-unsaturated/α-hetero) is 1. The molecule has 0 saturated heterocycles. The predicted octanol–water partition coefficient (Wildman–Crippen LogP) is 3.60.